The van der Waals surface area contributed by atoms with Gasteiger partial charge >= 0.3 is 0 Å². The predicted molar refractivity (Wildman–Crippen MR) is 67.1 cm³/mol. The van der Waals surface area contributed by atoms with Crippen LogP contribution in [0.15, 0.2) is 4.42 Å². The van der Waals surface area contributed by atoms with E-state index < -0.39 is 0 Å². The fourth-order valence-corrected chi connectivity index (χ4v) is 1.54. The molecule has 0 aliphatic heterocycles. The molecule has 1 rings (SSSR count). The zero-order valence-electron chi connectivity index (χ0n) is 11.4. The number of rotatable bonds is 9. The van der Waals surface area contributed by atoms with Gasteiger partial charge in [-0.25, -0.2) is 0 Å². The van der Waals surface area contributed by atoms with E-state index in [1.165, 1.54) is 0 Å². The Labute approximate surface area is 108 Å². The summed E-state index contributed by atoms with van der Waals surface area (Å²) < 4.78 is 10.8. The van der Waals surface area contributed by atoms with Crippen molar-refractivity contribution in [3.8, 4) is 0 Å². The zero-order valence-corrected chi connectivity index (χ0v) is 11.4. The van der Waals surface area contributed by atoms with Crippen LogP contribution in [0.3, 0.4) is 0 Å². The van der Waals surface area contributed by atoms with Gasteiger partial charge in [0.2, 0.25) is 11.8 Å². The molecule has 6 heteroatoms. The first kappa shape index (κ1) is 15.1. The van der Waals surface area contributed by atoms with E-state index in [-0.39, 0.29) is 6.61 Å². The number of hydrogen-bond donors (Lipinski definition) is 1. The van der Waals surface area contributed by atoms with E-state index in [1.807, 2.05) is 6.92 Å². The van der Waals surface area contributed by atoms with Crippen molar-refractivity contribution >= 4 is 0 Å². The summed E-state index contributed by atoms with van der Waals surface area (Å²) in [6.45, 7) is 8.66. The van der Waals surface area contributed by atoms with Crippen molar-refractivity contribution in [1.29, 1.82) is 0 Å². The van der Waals surface area contributed by atoms with Gasteiger partial charge in [-0.2, -0.15) is 0 Å². The fourth-order valence-electron chi connectivity index (χ4n) is 1.54. The average molecular weight is 257 g/mol. The normalized spacial score (nSPS) is 11.7. The van der Waals surface area contributed by atoms with E-state index in [2.05, 4.69) is 28.9 Å². The Balaban J connectivity index is 2.41. The minimum absolute atomic E-state index is 0.0607. The second kappa shape index (κ2) is 8.18. The lowest BCUT2D eigenvalue weighted by atomic mass is 10.3. The molecule has 0 amide bonds. The third-order valence-electron chi connectivity index (χ3n) is 2.64. The molecule has 6 nitrogen and oxygen atoms in total. The van der Waals surface area contributed by atoms with E-state index in [1.54, 1.807) is 0 Å². The van der Waals surface area contributed by atoms with Gasteiger partial charge in [-0.3, -0.25) is 4.90 Å². The van der Waals surface area contributed by atoms with Gasteiger partial charge in [0, 0.05) is 19.0 Å². The molecule has 1 heterocycles. The summed E-state index contributed by atoms with van der Waals surface area (Å²) in [7, 11) is 0. The first-order valence-electron chi connectivity index (χ1n) is 6.41. The molecule has 0 saturated heterocycles. The summed E-state index contributed by atoms with van der Waals surface area (Å²) in [6, 6.07) is 0.375. The third kappa shape index (κ3) is 5.12. The van der Waals surface area contributed by atoms with Gasteiger partial charge in [-0.15, -0.1) is 10.2 Å². The van der Waals surface area contributed by atoms with Gasteiger partial charge in [-0.05, 0) is 13.8 Å². The second-order valence-electron chi connectivity index (χ2n) is 4.34. The van der Waals surface area contributed by atoms with E-state index >= 15 is 0 Å². The van der Waals surface area contributed by atoms with Crippen LogP contribution in [0.2, 0.25) is 0 Å². The molecule has 0 aliphatic carbocycles. The van der Waals surface area contributed by atoms with E-state index in [0.717, 1.165) is 13.0 Å². The molecule has 104 valence electrons. The standard InChI is InChI=1S/C12H23N3O3/c1-4-11-13-14-12(18-11)9-15(10(2)3)5-7-17-8-6-16/h10,16H,4-9H2,1-3H3. The lowest BCUT2D eigenvalue weighted by Gasteiger charge is -2.24. The van der Waals surface area contributed by atoms with Gasteiger partial charge in [-0.1, -0.05) is 6.92 Å². The van der Waals surface area contributed by atoms with Crippen LogP contribution in [-0.4, -0.2) is 52.6 Å². The number of aryl methyl sites for hydroxylation is 1. The Morgan fingerprint density at radius 3 is 2.56 bits per heavy atom. The highest BCUT2D eigenvalue weighted by Gasteiger charge is 2.14. The molecule has 0 fully saturated rings. The highest BCUT2D eigenvalue weighted by atomic mass is 16.5. The monoisotopic (exact) mass is 257 g/mol. The zero-order chi connectivity index (χ0) is 13.4. The van der Waals surface area contributed by atoms with Crippen molar-refractivity contribution in [3.05, 3.63) is 11.8 Å². The highest BCUT2D eigenvalue weighted by Crippen LogP contribution is 2.07. The first-order valence-corrected chi connectivity index (χ1v) is 6.41. The molecule has 18 heavy (non-hydrogen) atoms. The molecule has 0 spiro atoms. The maximum Gasteiger partial charge on any atom is 0.230 e. The number of aromatic nitrogens is 2. The van der Waals surface area contributed by atoms with Crippen molar-refractivity contribution in [2.45, 2.75) is 39.8 Å². The Bertz CT molecular complexity index is 328. The third-order valence-corrected chi connectivity index (χ3v) is 2.64. The number of hydrogen-bond acceptors (Lipinski definition) is 6. The smallest absolute Gasteiger partial charge is 0.230 e. The topological polar surface area (TPSA) is 71.6 Å². The Morgan fingerprint density at radius 1 is 1.28 bits per heavy atom. The number of aliphatic hydroxyl groups is 1. The summed E-state index contributed by atoms with van der Waals surface area (Å²) in [6.07, 6.45) is 0.758. The van der Waals surface area contributed by atoms with Gasteiger partial charge in [0.15, 0.2) is 0 Å². The molecule has 0 unspecified atom stereocenters. The van der Waals surface area contributed by atoms with Crippen LogP contribution < -0.4 is 0 Å². The lowest BCUT2D eigenvalue weighted by Crippen LogP contribution is -2.33. The summed E-state index contributed by atoms with van der Waals surface area (Å²) in [5, 5.41) is 16.6. The molecule has 0 bridgehead atoms. The molecular formula is C12H23N3O3. The summed E-state index contributed by atoms with van der Waals surface area (Å²) in [5.41, 5.74) is 0. The Hall–Kier alpha value is -0.980. The molecule has 1 N–H and O–H groups in total. The highest BCUT2D eigenvalue weighted by molar-refractivity contribution is 4.82. The summed E-state index contributed by atoms with van der Waals surface area (Å²) in [4.78, 5) is 2.20. The molecule has 0 aromatic carbocycles. The van der Waals surface area contributed by atoms with Crippen LogP contribution in [-0.2, 0) is 17.7 Å². The van der Waals surface area contributed by atoms with Gasteiger partial charge in [0.25, 0.3) is 0 Å². The SMILES string of the molecule is CCc1nnc(CN(CCOCCO)C(C)C)o1. The van der Waals surface area contributed by atoms with Crippen molar-refractivity contribution < 1.29 is 14.3 Å². The van der Waals surface area contributed by atoms with Crippen LogP contribution in [0.1, 0.15) is 32.6 Å². The molecule has 0 radical (unpaired) electrons. The van der Waals surface area contributed by atoms with Crippen LogP contribution >= 0.6 is 0 Å². The van der Waals surface area contributed by atoms with Gasteiger partial charge in [0.05, 0.1) is 26.4 Å². The van der Waals surface area contributed by atoms with Crippen molar-refractivity contribution in [2.75, 3.05) is 26.4 Å². The first-order chi connectivity index (χ1) is 8.67. The molecule has 1 aromatic rings. The number of nitrogens with zero attached hydrogens (tertiary/aromatic N) is 3. The molecular weight excluding hydrogens is 234 g/mol. The maximum absolute atomic E-state index is 8.63. The molecule has 0 aliphatic rings. The van der Waals surface area contributed by atoms with Crippen molar-refractivity contribution in [1.82, 2.24) is 15.1 Å². The average Bonchev–Trinajstić information content (AvgIpc) is 2.80. The largest absolute Gasteiger partial charge is 0.424 e. The lowest BCUT2D eigenvalue weighted by molar-refractivity contribution is 0.0620. The maximum atomic E-state index is 8.63. The van der Waals surface area contributed by atoms with Gasteiger partial charge < -0.3 is 14.3 Å². The molecule has 0 saturated carbocycles. The van der Waals surface area contributed by atoms with E-state index in [0.29, 0.717) is 37.6 Å². The Morgan fingerprint density at radius 2 is 2.00 bits per heavy atom. The van der Waals surface area contributed by atoms with Gasteiger partial charge in [0.1, 0.15) is 0 Å². The number of ether oxygens (including phenoxy) is 1. The van der Waals surface area contributed by atoms with Crippen LogP contribution in [0.25, 0.3) is 0 Å². The molecule has 0 atom stereocenters. The Kier molecular flexibility index (Phi) is 6.85. The van der Waals surface area contributed by atoms with E-state index in [9.17, 15) is 0 Å². The minimum atomic E-state index is 0.0607. The van der Waals surface area contributed by atoms with Crippen LogP contribution in [0, 0.1) is 0 Å². The quantitative estimate of drug-likeness (QED) is 0.661. The van der Waals surface area contributed by atoms with E-state index in [4.69, 9.17) is 14.3 Å². The van der Waals surface area contributed by atoms with Crippen LogP contribution in [0.4, 0.5) is 0 Å². The second-order valence-corrected chi connectivity index (χ2v) is 4.34. The molecule has 1 aromatic heterocycles. The van der Waals surface area contributed by atoms with Crippen molar-refractivity contribution in [2.24, 2.45) is 0 Å². The minimum Gasteiger partial charge on any atom is -0.424 e. The van der Waals surface area contributed by atoms with Crippen LogP contribution in [0.5, 0.6) is 0 Å². The predicted octanol–water partition coefficient (Wildman–Crippen LogP) is 0.851. The summed E-state index contributed by atoms with van der Waals surface area (Å²) >= 11 is 0. The summed E-state index contributed by atoms with van der Waals surface area (Å²) in [5.74, 6) is 1.31. The fraction of sp³-hybridized carbons (Fsp3) is 0.833. The number of aliphatic hydroxyl groups excluding tert-OH is 1. The van der Waals surface area contributed by atoms with Crippen molar-refractivity contribution in [3.63, 3.8) is 0 Å².